The third-order valence-corrected chi connectivity index (χ3v) is 2.13. The summed E-state index contributed by atoms with van der Waals surface area (Å²) in [7, 11) is 2.08. The first-order valence-electron chi connectivity index (χ1n) is 4.28. The van der Waals surface area contributed by atoms with Crippen LogP contribution < -0.4 is 10.2 Å². The topological polar surface area (TPSA) is 28.2 Å². The summed E-state index contributed by atoms with van der Waals surface area (Å²) in [6, 6.07) is 4.04. The van der Waals surface area contributed by atoms with Gasteiger partial charge in [0.2, 0.25) is 0 Å². The number of pyridine rings is 1. The molecule has 0 fully saturated rings. The number of aromatic nitrogens is 1. The third kappa shape index (κ3) is 1.22. The lowest BCUT2D eigenvalue weighted by Crippen LogP contribution is -2.18. The Kier molecular flexibility index (Phi) is 1.86. The Hall–Kier alpha value is -1.25. The lowest BCUT2D eigenvalue weighted by molar-refractivity contribution is 0.829. The van der Waals surface area contributed by atoms with E-state index in [9.17, 15) is 0 Å². The van der Waals surface area contributed by atoms with E-state index in [0.29, 0.717) is 0 Å². The Bertz CT molecular complexity index is 272. The third-order valence-electron chi connectivity index (χ3n) is 2.13. The van der Waals surface area contributed by atoms with Gasteiger partial charge in [0.05, 0.1) is 5.69 Å². The maximum absolute atomic E-state index is 4.32. The van der Waals surface area contributed by atoms with Crippen LogP contribution in [-0.2, 0) is 0 Å². The number of fused-ring (bicyclic) bond motifs is 1. The van der Waals surface area contributed by atoms with Gasteiger partial charge in [0.1, 0.15) is 0 Å². The molecule has 1 aliphatic heterocycles. The average molecular weight is 163 g/mol. The zero-order valence-corrected chi connectivity index (χ0v) is 7.25. The average Bonchev–Trinajstić information content (AvgIpc) is 2.29. The normalized spacial score (nSPS) is 16.2. The molecule has 2 rings (SSSR count). The molecule has 1 aromatic heterocycles. The first kappa shape index (κ1) is 7.40. The summed E-state index contributed by atoms with van der Waals surface area (Å²) in [4.78, 5) is 6.51. The Labute approximate surface area is 72.4 Å². The minimum Gasteiger partial charge on any atom is -0.382 e. The highest BCUT2D eigenvalue weighted by atomic mass is 15.2. The Morgan fingerprint density at radius 1 is 1.58 bits per heavy atom. The van der Waals surface area contributed by atoms with Crippen LogP contribution in [0.4, 0.5) is 11.5 Å². The van der Waals surface area contributed by atoms with Crippen LogP contribution >= 0.6 is 0 Å². The summed E-state index contributed by atoms with van der Waals surface area (Å²) in [6.45, 7) is 2.13. The van der Waals surface area contributed by atoms with Gasteiger partial charge in [0.25, 0.3) is 0 Å². The Morgan fingerprint density at radius 3 is 3.42 bits per heavy atom. The minimum atomic E-state index is 1.04. The van der Waals surface area contributed by atoms with Gasteiger partial charge < -0.3 is 10.2 Å². The number of nitrogens with one attached hydrogen (secondary N) is 1. The number of nitrogens with zero attached hydrogens (tertiary/aromatic N) is 2. The first-order chi connectivity index (χ1) is 5.88. The van der Waals surface area contributed by atoms with E-state index in [4.69, 9.17) is 0 Å². The smallest absolute Gasteiger partial charge is 0.151 e. The van der Waals surface area contributed by atoms with E-state index in [2.05, 4.69) is 28.3 Å². The predicted octanol–water partition coefficient (Wildman–Crippen LogP) is 1.33. The van der Waals surface area contributed by atoms with E-state index >= 15 is 0 Å². The highest BCUT2D eigenvalue weighted by molar-refractivity contribution is 5.65. The van der Waals surface area contributed by atoms with Gasteiger partial charge in [0, 0.05) is 26.3 Å². The van der Waals surface area contributed by atoms with Crippen molar-refractivity contribution in [3.8, 4) is 0 Å². The zero-order chi connectivity index (χ0) is 8.39. The molecule has 1 aliphatic rings. The van der Waals surface area contributed by atoms with E-state index in [1.165, 1.54) is 6.42 Å². The van der Waals surface area contributed by atoms with Gasteiger partial charge >= 0.3 is 0 Å². The SMILES string of the molecule is CN1CCCNc2cccnc21. The number of hydrogen-bond donors (Lipinski definition) is 1. The molecule has 12 heavy (non-hydrogen) atoms. The van der Waals surface area contributed by atoms with Gasteiger partial charge in [-0.25, -0.2) is 4.98 Å². The molecule has 3 nitrogen and oxygen atoms in total. The molecular formula is C9H13N3. The maximum atomic E-state index is 4.32. The van der Waals surface area contributed by atoms with Crippen molar-refractivity contribution in [1.29, 1.82) is 0 Å². The number of hydrogen-bond acceptors (Lipinski definition) is 3. The molecule has 0 saturated carbocycles. The van der Waals surface area contributed by atoms with Crippen LogP contribution in [-0.4, -0.2) is 25.1 Å². The molecule has 0 unspecified atom stereocenters. The maximum Gasteiger partial charge on any atom is 0.151 e. The lowest BCUT2D eigenvalue weighted by Gasteiger charge is -2.16. The van der Waals surface area contributed by atoms with Crippen molar-refractivity contribution in [3.05, 3.63) is 18.3 Å². The second kappa shape index (κ2) is 3.01. The van der Waals surface area contributed by atoms with Gasteiger partial charge in [-0.15, -0.1) is 0 Å². The molecule has 0 bridgehead atoms. The highest BCUT2D eigenvalue weighted by Gasteiger charge is 2.10. The van der Waals surface area contributed by atoms with Crippen molar-refractivity contribution < 1.29 is 0 Å². The van der Waals surface area contributed by atoms with E-state index in [1.54, 1.807) is 0 Å². The fraction of sp³-hybridized carbons (Fsp3) is 0.444. The molecule has 0 amide bonds. The summed E-state index contributed by atoms with van der Waals surface area (Å²) < 4.78 is 0. The minimum absolute atomic E-state index is 1.04. The molecule has 0 saturated heterocycles. The first-order valence-corrected chi connectivity index (χ1v) is 4.28. The molecule has 3 heteroatoms. The van der Waals surface area contributed by atoms with Crippen LogP contribution in [0.2, 0.25) is 0 Å². The lowest BCUT2D eigenvalue weighted by atomic mass is 10.4. The van der Waals surface area contributed by atoms with Crippen LogP contribution in [0.25, 0.3) is 0 Å². The van der Waals surface area contributed by atoms with Gasteiger partial charge in [-0.1, -0.05) is 0 Å². The molecule has 0 aromatic carbocycles. The van der Waals surface area contributed by atoms with E-state index in [-0.39, 0.29) is 0 Å². The van der Waals surface area contributed by atoms with Crippen molar-refractivity contribution in [2.45, 2.75) is 6.42 Å². The van der Waals surface area contributed by atoms with Crippen molar-refractivity contribution in [2.24, 2.45) is 0 Å². The second-order valence-corrected chi connectivity index (χ2v) is 3.08. The molecule has 0 spiro atoms. The van der Waals surface area contributed by atoms with Crippen LogP contribution in [0.15, 0.2) is 18.3 Å². The summed E-state index contributed by atoms with van der Waals surface area (Å²) >= 11 is 0. The largest absolute Gasteiger partial charge is 0.382 e. The monoisotopic (exact) mass is 163 g/mol. The van der Waals surface area contributed by atoms with Gasteiger partial charge in [-0.3, -0.25) is 0 Å². The van der Waals surface area contributed by atoms with E-state index in [0.717, 1.165) is 24.6 Å². The molecule has 1 aromatic rings. The fourth-order valence-electron chi connectivity index (χ4n) is 1.48. The molecule has 2 heterocycles. The number of rotatable bonds is 0. The van der Waals surface area contributed by atoms with Crippen LogP contribution in [0, 0.1) is 0 Å². The predicted molar refractivity (Wildman–Crippen MR) is 50.6 cm³/mol. The molecule has 64 valence electrons. The van der Waals surface area contributed by atoms with Crippen molar-refractivity contribution in [2.75, 3.05) is 30.4 Å². The van der Waals surface area contributed by atoms with Crippen molar-refractivity contribution in [1.82, 2.24) is 4.98 Å². The molecular weight excluding hydrogens is 150 g/mol. The molecule has 0 radical (unpaired) electrons. The van der Waals surface area contributed by atoms with E-state index < -0.39 is 0 Å². The van der Waals surface area contributed by atoms with Gasteiger partial charge in [0.15, 0.2) is 5.82 Å². The zero-order valence-electron chi connectivity index (χ0n) is 7.25. The highest BCUT2D eigenvalue weighted by Crippen LogP contribution is 2.23. The van der Waals surface area contributed by atoms with Crippen LogP contribution in [0.1, 0.15) is 6.42 Å². The van der Waals surface area contributed by atoms with Crippen molar-refractivity contribution >= 4 is 11.5 Å². The molecule has 0 atom stereocenters. The quantitative estimate of drug-likeness (QED) is 0.625. The summed E-state index contributed by atoms with van der Waals surface area (Å²) in [5.41, 5.74) is 1.15. The standard InChI is InChI=1S/C9H13N3/c1-12-7-3-6-10-8-4-2-5-11-9(8)12/h2,4-5,10H,3,6-7H2,1H3. The number of anilines is 2. The van der Waals surface area contributed by atoms with Gasteiger partial charge in [-0.05, 0) is 18.6 Å². The second-order valence-electron chi connectivity index (χ2n) is 3.08. The summed E-state index contributed by atoms with van der Waals surface area (Å²) in [6.07, 6.45) is 3.01. The van der Waals surface area contributed by atoms with Crippen LogP contribution in [0.3, 0.4) is 0 Å². The van der Waals surface area contributed by atoms with Crippen LogP contribution in [0.5, 0.6) is 0 Å². The summed E-state index contributed by atoms with van der Waals surface area (Å²) in [5.74, 6) is 1.06. The molecule has 1 N–H and O–H groups in total. The Morgan fingerprint density at radius 2 is 2.50 bits per heavy atom. The fourth-order valence-corrected chi connectivity index (χ4v) is 1.48. The molecule has 0 aliphatic carbocycles. The Balaban J connectivity index is 2.39. The van der Waals surface area contributed by atoms with Crippen molar-refractivity contribution in [3.63, 3.8) is 0 Å². The van der Waals surface area contributed by atoms with E-state index in [1.807, 2.05) is 12.3 Å². The van der Waals surface area contributed by atoms with Gasteiger partial charge in [-0.2, -0.15) is 0 Å². The summed E-state index contributed by atoms with van der Waals surface area (Å²) in [5, 5.41) is 3.35.